The van der Waals surface area contributed by atoms with E-state index in [0.717, 1.165) is 16.9 Å². The first-order valence-corrected chi connectivity index (χ1v) is 4.59. The zero-order valence-corrected chi connectivity index (χ0v) is 11.2. The highest BCUT2D eigenvalue weighted by atomic mass is 35.5. The van der Waals surface area contributed by atoms with Crippen LogP contribution < -0.4 is 15.2 Å². The molecule has 1 aromatic carbocycles. The second-order valence-electron chi connectivity index (χ2n) is 3.11. The van der Waals surface area contributed by atoms with Crippen LogP contribution in [0, 0.1) is 0 Å². The number of aromatic amines is 1. The van der Waals surface area contributed by atoms with Crippen molar-refractivity contribution in [3.8, 4) is 11.5 Å². The lowest BCUT2D eigenvalue weighted by Crippen LogP contribution is -1.97. The van der Waals surface area contributed by atoms with Gasteiger partial charge in [-0.25, -0.2) is 4.98 Å². The van der Waals surface area contributed by atoms with Crippen LogP contribution in [-0.4, -0.2) is 24.2 Å². The third-order valence-electron chi connectivity index (χ3n) is 2.23. The van der Waals surface area contributed by atoms with Crippen LogP contribution in [0.4, 0.5) is 0 Å². The fraction of sp³-hybridized carbons (Fsp3) is 0.300. The molecule has 7 heteroatoms. The minimum absolute atomic E-state index is 0. The van der Waals surface area contributed by atoms with E-state index in [9.17, 15) is 0 Å². The Kier molecular flexibility index (Phi) is 6.09. The molecule has 5 nitrogen and oxygen atoms in total. The van der Waals surface area contributed by atoms with Crippen molar-refractivity contribution < 1.29 is 9.47 Å². The zero-order valence-electron chi connectivity index (χ0n) is 9.52. The molecule has 0 atom stereocenters. The molecular weight excluding hydrogens is 265 g/mol. The monoisotopic (exact) mass is 279 g/mol. The molecule has 96 valence electrons. The van der Waals surface area contributed by atoms with Gasteiger partial charge in [-0.15, -0.1) is 24.8 Å². The van der Waals surface area contributed by atoms with Gasteiger partial charge >= 0.3 is 0 Å². The van der Waals surface area contributed by atoms with Gasteiger partial charge in [0.2, 0.25) is 0 Å². The maximum absolute atomic E-state index is 5.50. The predicted octanol–water partition coefficient (Wildman–Crippen LogP) is 1.88. The van der Waals surface area contributed by atoms with Crippen LogP contribution >= 0.6 is 24.8 Å². The highest BCUT2D eigenvalue weighted by molar-refractivity contribution is 5.85. The summed E-state index contributed by atoms with van der Waals surface area (Å²) < 4.78 is 10.4. The standard InChI is InChI=1S/C10H13N3O2.2ClH/c1-14-8-3-6-7(4-9(8)15-2)13-10(5-11)12-6;;/h3-4H,5,11H2,1-2H3,(H,12,13);2*1H. The summed E-state index contributed by atoms with van der Waals surface area (Å²) in [7, 11) is 3.20. The summed E-state index contributed by atoms with van der Waals surface area (Å²) in [6, 6.07) is 3.67. The summed E-state index contributed by atoms with van der Waals surface area (Å²) in [5.74, 6) is 2.09. The summed E-state index contributed by atoms with van der Waals surface area (Å²) in [6.45, 7) is 0.388. The molecule has 3 N–H and O–H groups in total. The maximum atomic E-state index is 5.50. The number of hydrogen-bond donors (Lipinski definition) is 2. The van der Waals surface area contributed by atoms with Crippen molar-refractivity contribution >= 4 is 35.8 Å². The summed E-state index contributed by atoms with van der Waals surface area (Å²) in [4.78, 5) is 7.40. The van der Waals surface area contributed by atoms with E-state index in [1.54, 1.807) is 14.2 Å². The van der Waals surface area contributed by atoms with Gasteiger partial charge in [0.1, 0.15) is 5.82 Å². The molecule has 0 aliphatic carbocycles. The summed E-state index contributed by atoms with van der Waals surface area (Å²) in [6.07, 6.45) is 0. The fourth-order valence-electron chi connectivity index (χ4n) is 1.49. The van der Waals surface area contributed by atoms with E-state index >= 15 is 0 Å². The van der Waals surface area contributed by atoms with E-state index < -0.39 is 0 Å². The smallest absolute Gasteiger partial charge is 0.163 e. The highest BCUT2D eigenvalue weighted by Crippen LogP contribution is 2.30. The normalized spacial score (nSPS) is 9.35. The molecule has 0 fully saturated rings. The molecule has 0 aliphatic heterocycles. The van der Waals surface area contributed by atoms with Crippen molar-refractivity contribution in [2.24, 2.45) is 5.73 Å². The van der Waals surface area contributed by atoms with Crippen molar-refractivity contribution in [2.75, 3.05) is 14.2 Å². The highest BCUT2D eigenvalue weighted by Gasteiger charge is 2.08. The summed E-state index contributed by atoms with van der Waals surface area (Å²) >= 11 is 0. The average molecular weight is 280 g/mol. The van der Waals surface area contributed by atoms with E-state index in [1.807, 2.05) is 12.1 Å². The van der Waals surface area contributed by atoms with E-state index in [4.69, 9.17) is 15.2 Å². The zero-order chi connectivity index (χ0) is 10.8. The second-order valence-corrected chi connectivity index (χ2v) is 3.11. The molecule has 0 spiro atoms. The van der Waals surface area contributed by atoms with Crippen LogP contribution in [0.5, 0.6) is 11.5 Å². The number of rotatable bonds is 3. The second kappa shape index (κ2) is 6.54. The van der Waals surface area contributed by atoms with Gasteiger partial charge < -0.3 is 20.2 Å². The van der Waals surface area contributed by atoms with E-state index in [0.29, 0.717) is 18.0 Å². The largest absolute Gasteiger partial charge is 0.493 e. The van der Waals surface area contributed by atoms with Gasteiger partial charge in [-0.05, 0) is 0 Å². The van der Waals surface area contributed by atoms with Gasteiger partial charge in [0, 0.05) is 12.1 Å². The molecule has 1 aromatic heterocycles. The molecule has 0 amide bonds. The van der Waals surface area contributed by atoms with Gasteiger partial charge in [0.25, 0.3) is 0 Å². The first kappa shape index (κ1) is 15.8. The molecular formula is C10H15Cl2N3O2. The van der Waals surface area contributed by atoms with Gasteiger partial charge in [0.05, 0.1) is 31.8 Å². The Morgan fingerprint density at radius 1 is 1.18 bits per heavy atom. The Hall–Kier alpha value is -1.17. The Bertz CT molecular complexity index is 447. The predicted molar refractivity (Wildman–Crippen MR) is 71.6 cm³/mol. The third-order valence-corrected chi connectivity index (χ3v) is 2.23. The first-order valence-electron chi connectivity index (χ1n) is 4.59. The fourth-order valence-corrected chi connectivity index (χ4v) is 1.49. The molecule has 0 bridgehead atoms. The Morgan fingerprint density at radius 2 is 1.76 bits per heavy atom. The molecule has 0 saturated heterocycles. The van der Waals surface area contributed by atoms with Crippen LogP contribution in [0.1, 0.15) is 5.82 Å². The number of methoxy groups -OCH3 is 2. The lowest BCUT2D eigenvalue weighted by molar-refractivity contribution is 0.356. The Balaban J connectivity index is 0.00000128. The van der Waals surface area contributed by atoms with Gasteiger partial charge in [-0.1, -0.05) is 0 Å². The van der Waals surface area contributed by atoms with E-state index in [1.165, 1.54) is 0 Å². The number of nitrogens with one attached hydrogen (secondary N) is 1. The van der Waals surface area contributed by atoms with Crippen molar-refractivity contribution in [3.63, 3.8) is 0 Å². The van der Waals surface area contributed by atoms with Crippen molar-refractivity contribution in [1.29, 1.82) is 0 Å². The number of nitrogens with two attached hydrogens (primary N) is 1. The molecule has 0 radical (unpaired) electrons. The lowest BCUT2D eigenvalue weighted by Gasteiger charge is -2.06. The van der Waals surface area contributed by atoms with Crippen molar-refractivity contribution in [3.05, 3.63) is 18.0 Å². The van der Waals surface area contributed by atoms with Crippen molar-refractivity contribution in [1.82, 2.24) is 9.97 Å². The molecule has 2 rings (SSSR count). The summed E-state index contributed by atoms with van der Waals surface area (Å²) in [5, 5.41) is 0. The minimum atomic E-state index is 0. The number of benzene rings is 1. The molecule has 0 unspecified atom stereocenters. The number of hydrogen-bond acceptors (Lipinski definition) is 4. The topological polar surface area (TPSA) is 73.2 Å². The van der Waals surface area contributed by atoms with Crippen LogP contribution in [-0.2, 0) is 6.54 Å². The number of fused-ring (bicyclic) bond motifs is 1. The molecule has 17 heavy (non-hydrogen) atoms. The van der Waals surface area contributed by atoms with Crippen LogP contribution in [0.15, 0.2) is 12.1 Å². The number of imidazole rings is 1. The molecule has 0 saturated carbocycles. The third kappa shape index (κ3) is 2.94. The van der Waals surface area contributed by atoms with Gasteiger partial charge in [-0.3, -0.25) is 0 Å². The van der Waals surface area contributed by atoms with E-state index in [2.05, 4.69) is 9.97 Å². The first-order chi connectivity index (χ1) is 7.28. The van der Waals surface area contributed by atoms with Gasteiger partial charge in [0.15, 0.2) is 11.5 Å². The minimum Gasteiger partial charge on any atom is -0.493 e. The maximum Gasteiger partial charge on any atom is 0.163 e. The van der Waals surface area contributed by atoms with E-state index in [-0.39, 0.29) is 24.8 Å². The van der Waals surface area contributed by atoms with Gasteiger partial charge in [-0.2, -0.15) is 0 Å². The number of ether oxygens (including phenoxy) is 2. The van der Waals surface area contributed by atoms with Crippen LogP contribution in [0.3, 0.4) is 0 Å². The SMILES string of the molecule is COc1cc2nc(CN)[nH]c2cc1OC.Cl.Cl. The Labute approximate surface area is 112 Å². The lowest BCUT2D eigenvalue weighted by atomic mass is 10.3. The van der Waals surface area contributed by atoms with Crippen LogP contribution in [0.2, 0.25) is 0 Å². The quantitative estimate of drug-likeness (QED) is 0.900. The number of nitrogens with zero attached hydrogens (tertiary/aromatic N) is 1. The Morgan fingerprint density at radius 3 is 2.29 bits per heavy atom. The average Bonchev–Trinajstić information content (AvgIpc) is 2.68. The molecule has 0 aliphatic rings. The number of aromatic nitrogens is 2. The molecule has 1 heterocycles. The summed E-state index contributed by atoms with van der Waals surface area (Å²) in [5.41, 5.74) is 7.22. The number of H-pyrrole nitrogens is 1. The van der Waals surface area contributed by atoms with Crippen molar-refractivity contribution in [2.45, 2.75) is 6.54 Å². The van der Waals surface area contributed by atoms with Crippen LogP contribution in [0.25, 0.3) is 11.0 Å². The number of halogens is 2. The molecule has 2 aromatic rings.